The van der Waals surface area contributed by atoms with Gasteiger partial charge in [-0.2, -0.15) is 0 Å². The summed E-state index contributed by atoms with van der Waals surface area (Å²) >= 11 is 6.02. The van der Waals surface area contributed by atoms with Crippen molar-refractivity contribution in [1.29, 1.82) is 0 Å². The standard InChI is InChI=1S/C20H17ClN2O3/c1-2-23-17-10-14(3-6-19(17)26-12-20(23)25)18(24)11-22-8-7-13-9-15(21)4-5-16(13)22/h3-10H,2,11-12H2,1H3. The second-order valence-corrected chi connectivity index (χ2v) is 6.62. The third-order valence-corrected chi connectivity index (χ3v) is 4.82. The van der Waals surface area contributed by atoms with Crippen LogP contribution in [0.2, 0.25) is 5.02 Å². The molecule has 0 N–H and O–H groups in total. The maximum Gasteiger partial charge on any atom is 0.265 e. The summed E-state index contributed by atoms with van der Waals surface area (Å²) in [4.78, 5) is 26.4. The van der Waals surface area contributed by atoms with E-state index in [2.05, 4.69) is 0 Å². The average Bonchev–Trinajstić information content (AvgIpc) is 3.03. The summed E-state index contributed by atoms with van der Waals surface area (Å²) in [5.41, 5.74) is 2.16. The lowest BCUT2D eigenvalue weighted by Gasteiger charge is -2.28. The van der Waals surface area contributed by atoms with E-state index in [4.69, 9.17) is 16.3 Å². The van der Waals surface area contributed by atoms with Crippen molar-refractivity contribution in [2.75, 3.05) is 18.1 Å². The zero-order valence-electron chi connectivity index (χ0n) is 14.2. The monoisotopic (exact) mass is 368 g/mol. The number of halogens is 1. The summed E-state index contributed by atoms with van der Waals surface area (Å²) in [6.07, 6.45) is 1.88. The molecule has 26 heavy (non-hydrogen) atoms. The van der Waals surface area contributed by atoms with Crippen molar-refractivity contribution in [3.05, 3.63) is 59.2 Å². The van der Waals surface area contributed by atoms with Gasteiger partial charge in [-0.25, -0.2) is 0 Å². The number of aromatic nitrogens is 1. The van der Waals surface area contributed by atoms with Gasteiger partial charge in [-0.15, -0.1) is 0 Å². The highest BCUT2D eigenvalue weighted by Crippen LogP contribution is 2.33. The minimum absolute atomic E-state index is 0.0330. The number of ketones is 1. The summed E-state index contributed by atoms with van der Waals surface area (Å²) in [6.45, 7) is 2.69. The Labute approximate surface area is 155 Å². The molecule has 0 atom stereocenters. The van der Waals surface area contributed by atoms with Crippen molar-refractivity contribution in [3.8, 4) is 5.75 Å². The third kappa shape index (κ3) is 2.84. The number of hydrogen-bond donors (Lipinski definition) is 0. The number of hydrogen-bond acceptors (Lipinski definition) is 3. The fraction of sp³-hybridized carbons (Fsp3) is 0.200. The zero-order chi connectivity index (χ0) is 18.3. The lowest BCUT2D eigenvalue weighted by atomic mass is 10.1. The van der Waals surface area contributed by atoms with Crippen molar-refractivity contribution in [2.45, 2.75) is 13.5 Å². The molecule has 0 saturated heterocycles. The molecule has 0 radical (unpaired) electrons. The van der Waals surface area contributed by atoms with Crippen molar-refractivity contribution >= 4 is 39.9 Å². The number of rotatable bonds is 4. The van der Waals surface area contributed by atoms with E-state index in [0.717, 1.165) is 10.9 Å². The highest BCUT2D eigenvalue weighted by atomic mass is 35.5. The van der Waals surface area contributed by atoms with E-state index in [-0.39, 0.29) is 24.8 Å². The molecule has 5 nitrogen and oxygen atoms in total. The van der Waals surface area contributed by atoms with Gasteiger partial charge in [0.25, 0.3) is 5.91 Å². The van der Waals surface area contributed by atoms with Gasteiger partial charge in [0, 0.05) is 34.2 Å². The van der Waals surface area contributed by atoms with E-state index >= 15 is 0 Å². The summed E-state index contributed by atoms with van der Waals surface area (Å²) < 4.78 is 7.35. The van der Waals surface area contributed by atoms with Crippen LogP contribution in [0.3, 0.4) is 0 Å². The van der Waals surface area contributed by atoms with Crippen LogP contribution in [0.1, 0.15) is 17.3 Å². The minimum atomic E-state index is -0.0992. The van der Waals surface area contributed by atoms with Gasteiger partial charge in [0.1, 0.15) is 5.75 Å². The number of nitrogens with zero attached hydrogens (tertiary/aromatic N) is 2. The molecular weight excluding hydrogens is 352 g/mol. The highest BCUT2D eigenvalue weighted by Gasteiger charge is 2.25. The van der Waals surface area contributed by atoms with Crippen molar-refractivity contribution in [3.63, 3.8) is 0 Å². The molecule has 0 spiro atoms. The van der Waals surface area contributed by atoms with Crippen LogP contribution in [0.25, 0.3) is 10.9 Å². The molecule has 0 fully saturated rings. The SMILES string of the molecule is CCN1C(=O)COc2ccc(C(=O)Cn3ccc4cc(Cl)ccc43)cc21. The highest BCUT2D eigenvalue weighted by molar-refractivity contribution is 6.31. The van der Waals surface area contributed by atoms with Crippen molar-refractivity contribution < 1.29 is 14.3 Å². The van der Waals surface area contributed by atoms with Crippen LogP contribution in [0.15, 0.2) is 48.7 Å². The quantitative estimate of drug-likeness (QED) is 0.656. The molecule has 1 aliphatic heterocycles. The lowest BCUT2D eigenvalue weighted by Crippen LogP contribution is -2.38. The molecule has 1 aromatic heterocycles. The molecule has 132 valence electrons. The number of anilines is 1. The molecule has 0 saturated carbocycles. The van der Waals surface area contributed by atoms with E-state index in [1.807, 2.05) is 42.0 Å². The number of benzene rings is 2. The van der Waals surface area contributed by atoms with Crippen LogP contribution >= 0.6 is 11.6 Å². The molecule has 3 aromatic rings. The molecule has 1 amide bonds. The molecule has 1 aliphatic rings. The molecular formula is C20H17ClN2O3. The number of carbonyl (C=O) groups is 2. The fourth-order valence-corrected chi connectivity index (χ4v) is 3.46. The Kier molecular flexibility index (Phi) is 4.17. The van der Waals surface area contributed by atoms with E-state index in [1.54, 1.807) is 23.1 Å². The van der Waals surface area contributed by atoms with Gasteiger partial charge in [0.15, 0.2) is 12.4 Å². The number of amides is 1. The predicted molar refractivity (Wildman–Crippen MR) is 101 cm³/mol. The number of likely N-dealkylation sites (N-methyl/N-ethyl adjacent to an activating group) is 1. The zero-order valence-corrected chi connectivity index (χ0v) is 15.0. The van der Waals surface area contributed by atoms with Gasteiger partial charge in [0.2, 0.25) is 0 Å². The maximum atomic E-state index is 12.8. The van der Waals surface area contributed by atoms with E-state index in [9.17, 15) is 9.59 Å². The van der Waals surface area contributed by atoms with E-state index in [1.165, 1.54) is 0 Å². The molecule has 0 unspecified atom stereocenters. The minimum Gasteiger partial charge on any atom is -0.482 e. The van der Waals surface area contributed by atoms with Crippen molar-refractivity contribution in [1.82, 2.24) is 4.57 Å². The molecule has 2 aromatic carbocycles. The van der Waals surface area contributed by atoms with Crippen LogP contribution in [0, 0.1) is 0 Å². The number of Topliss-reactive ketones (excluding diaryl/α,β-unsaturated/α-hetero) is 1. The summed E-state index contributed by atoms with van der Waals surface area (Å²) in [6, 6.07) is 12.8. The first-order chi connectivity index (χ1) is 12.6. The second-order valence-electron chi connectivity index (χ2n) is 6.18. The Morgan fingerprint density at radius 3 is 2.85 bits per heavy atom. The molecule has 6 heteroatoms. The normalized spacial score (nSPS) is 13.6. The number of carbonyl (C=O) groups excluding carboxylic acids is 2. The summed E-state index contributed by atoms with van der Waals surface area (Å²) in [5, 5.41) is 1.66. The third-order valence-electron chi connectivity index (χ3n) is 4.59. The first-order valence-electron chi connectivity index (χ1n) is 8.41. The van der Waals surface area contributed by atoms with Crippen LogP contribution in [-0.4, -0.2) is 29.4 Å². The largest absolute Gasteiger partial charge is 0.482 e. The average molecular weight is 369 g/mol. The molecule has 2 heterocycles. The van der Waals surface area contributed by atoms with Gasteiger partial charge in [-0.3, -0.25) is 9.59 Å². The van der Waals surface area contributed by atoms with Crippen LogP contribution in [-0.2, 0) is 11.3 Å². The van der Waals surface area contributed by atoms with E-state index in [0.29, 0.717) is 28.6 Å². The smallest absolute Gasteiger partial charge is 0.265 e. The Morgan fingerprint density at radius 2 is 2.04 bits per heavy atom. The first-order valence-corrected chi connectivity index (χ1v) is 8.79. The maximum absolute atomic E-state index is 12.8. The lowest BCUT2D eigenvalue weighted by molar-refractivity contribution is -0.121. The molecule has 4 rings (SSSR count). The van der Waals surface area contributed by atoms with Gasteiger partial charge >= 0.3 is 0 Å². The fourth-order valence-electron chi connectivity index (χ4n) is 3.28. The van der Waals surface area contributed by atoms with Gasteiger partial charge < -0.3 is 14.2 Å². The topological polar surface area (TPSA) is 51.5 Å². The van der Waals surface area contributed by atoms with Gasteiger partial charge in [-0.1, -0.05) is 11.6 Å². The summed E-state index contributed by atoms with van der Waals surface area (Å²) in [7, 11) is 0. The first kappa shape index (κ1) is 16.7. The van der Waals surface area contributed by atoms with E-state index < -0.39 is 0 Å². The second kappa shape index (κ2) is 6.50. The number of fused-ring (bicyclic) bond motifs is 2. The van der Waals surface area contributed by atoms with Crippen molar-refractivity contribution in [2.24, 2.45) is 0 Å². The Morgan fingerprint density at radius 1 is 1.19 bits per heavy atom. The Bertz CT molecular complexity index is 1030. The predicted octanol–water partition coefficient (Wildman–Crippen LogP) is 3.92. The molecule has 0 bridgehead atoms. The Balaban J connectivity index is 1.64. The number of ether oxygens (including phenoxy) is 1. The van der Waals surface area contributed by atoms with Gasteiger partial charge in [-0.05, 0) is 49.4 Å². The molecule has 0 aliphatic carbocycles. The van der Waals surface area contributed by atoms with Crippen LogP contribution in [0.5, 0.6) is 5.75 Å². The van der Waals surface area contributed by atoms with Crippen LogP contribution in [0.4, 0.5) is 5.69 Å². The Hall–Kier alpha value is -2.79. The summed E-state index contributed by atoms with van der Waals surface area (Å²) in [5.74, 6) is 0.497. The van der Waals surface area contributed by atoms with Gasteiger partial charge in [0.05, 0.1) is 12.2 Å². The van der Waals surface area contributed by atoms with Crippen LogP contribution < -0.4 is 9.64 Å².